The molecule has 0 saturated carbocycles. The lowest BCUT2D eigenvalue weighted by molar-refractivity contribution is -0.122. The van der Waals surface area contributed by atoms with E-state index < -0.39 is 0 Å². The second kappa shape index (κ2) is 5.15. The molecule has 4 heterocycles. The van der Waals surface area contributed by atoms with Crippen LogP contribution < -0.4 is 5.32 Å². The maximum Gasteiger partial charge on any atom is 0.224 e. The molecule has 1 amide bonds. The SMILES string of the molecule is O=C(Cc1ccc2cn[nH]c2c1)NC1CN2CCC1CC2. The highest BCUT2D eigenvalue weighted by Crippen LogP contribution is 2.27. The van der Waals surface area contributed by atoms with E-state index in [9.17, 15) is 4.79 Å². The van der Waals surface area contributed by atoms with E-state index in [1.807, 2.05) is 18.2 Å². The summed E-state index contributed by atoms with van der Waals surface area (Å²) >= 11 is 0. The van der Waals surface area contributed by atoms with Crippen LogP contribution in [0.2, 0.25) is 0 Å². The van der Waals surface area contributed by atoms with E-state index in [-0.39, 0.29) is 5.91 Å². The van der Waals surface area contributed by atoms with Crippen molar-refractivity contribution in [3.05, 3.63) is 30.0 Å². The number of benzene rings is 1. The molecule has 3 fully saturated rings. The summed E-state index contributed by atoms with van der Waals surface area (Å²) in [5.41, 5.74) is 2.02. The van der Waals surface area contributed by atoms with Crippen LogP contribution in [-0.4, -0.2) is 46.7 Å². The molecule has 1 unspecified atom stereocenters. The Morgan fingerprint density at radius 3 is 3.00 bits per heavy atom. The Balaban J connectivity index is 1.41. The van der Waals surface area contributed by atoms with Gasteiger partial charge in [-0.15, -0.1) is 0 Å². The van der Waals surface area contributed by atoms with Crippen molar-refractivity contribution < 1.29 is 4.79 Å². The molecule has 3 saturated heterocycles. The van der Waals surface area contributed by atoms with E-state index in [2.05, 4.69) is 20.4 Å². The predicted molar refractivity (Wildman–Crippen MR) is 80.9 cm³/mol. The number of carbonyl (C=O) groups is 1. The zero-order valence-electron chi connectivity index (χ0n) is 12.0. The number of fused-ring (bicyclic) bond motifs is 4. The number of nitrogens with one attached hydrogen (secondary N) is 2. The van der Waals surface area contributed by atoms with E-state index in [4.69, 9.17) is 0 Å². The highest BCUT2D eigenvalue weighted by Gasteiger charge is 2.34. The lowest BCUT2D eigenvalue weighted by Crippen LogP contribution is -2.57. The number of piperidine rings is 3. The molecule has 0 spiro atoms. The topological polar surface area (TPSA) is 61.0 Å². The number of aromatic amines is 1. The van der Waals surface area contributed by atoms with Gasteiger partial charge in [-0.25, -0.2) is 0 Å². The molecule has 1 aromatic heterocycles. The van der Waals surface area contributed by atoms with Gasteiger partial charge in [0.15, 0.2) is 0 Å². The number of hydrogen-bond donors (Lipinski definition) is 2. The van der Waals surface area contributed by atoms with Crippen LogP contribution in [0.4, 0.5) is 0 Å². The largest absolute Gasteiger partial charge is 0.352 e. The molecule has 2 bridgehead atoms. The highest BCUT2D eigenvalue weighted by atomic mass is 16.1. The normalized spacial score (nSPS) is 27.9. The third kappa shape index (κ3) is 2.53. The van der Waals surface area contributed by atoms with Gasteiger partial charge in [0.1, 0.15) is 0 Å². The molecule has 3 aliphatic rings. The smallest absolute Gasteiger partial charge is 0.224 e. The van der Waals surface area contributed by atoms with Gasteiger partial charge in [0.25, 0.3) is 0 Å². The Morgan fingerprint density at radius 2 is 2.24 bits per heavy atom. The van der Waals surface area contributed by atoms with Gasteiger partial charge in [-0.2, -0.15) is 5.10 Å². The fourth-order valence-corrected chi connectivity index (χ4v) is 3.67. The summed E-state index contributed by atoms with van der Waals surface area (Å²) in [6.07, 6.45) is 4.70. The van der Waals surface area contributed by atoms with Gasteiger partial charge in [-0.3, -0.25) is 9.89 Å². The summed E-state index contributed by atoms with van der Waals surface area (Å²) in [7, 11) is 0. The maximum absolute atomic E-state index is 12.3. The van der Waals surface area contributed by atoms with Crippen LogP contribution in [-0.2, 0) is 11.2 Å². The van der Waals surface area contributed by atoms with Crippen molar-refractivity contribution in [3.63, 3.8) is 0 Å². The molecule has 0 aliphatic carbocycles. The van der Waals surface area contributed by atoms with Gasteiger partial charge < -0.3 is 10.2 Å². The first-order valence-corrected chi connectivity index (χ1v) is 7.72. The van der Waals surface area contributed by atoms with E-state index in [0.29, 0.717) is 18.4 Å². The number of amides is 1. The zero-order valence-corrected chi connectivity index (χ0v) is 12.0. The Bertz CT molecular complexity index is 657. The molecule has 2 aromatic rings. The van der Waals surface area contributed by atoms with Crippen LogP contribution in [0.3, 0.4) is 0 Å². The summed E-state index contributed by atoms with van der Waals surface area (Å²) in [4.78, 5) is 14.7. The molecule has 5 heteroatoms. The lowest BCUT2D eigenvalue weighted by Gasteiger charge is -2.44. The minimum absolute atomic E-state index is 0.132. The monoisotopic (exact) mass is 284 g/mol. The molecule has 21 heavy (non-hydrogen) atoms. The van der Waals surface area contributed by atoms with Crippen molar-refractivity contribution in [3.8, 4) is 0 Å². The van der Waals surface area contributed by atoms with Crippen LogP contribution in [0.25, 0.3) is 10.9 Å². The van der Waals surface area contributed by atoms with E-state index in [0.717, 1.165) is 23.0 Å². The summed E-state index contributed by atoms with van der Waals surface area (Å²) < 4.78 is 0. The zero-order chi connectivity index (χ0) is 14.2. The van der Waals surface area contributed by atoms with Crippen molar-refractivity contribution in [2.75, 3.05) is 19.6 Å². The third-order valence-electron chi connectivity index (χ3n) is 4.87. The van der Waals surface area contributed by atoms with Crippen LogP contribution in [0.15, 0.2) is 24.4 Å². The second-order valence-corrected chi connectivity index (χ2v) is 6.28. The lowest BCUT2D eigenvalue weighted by atomic mass is 9.84. The molecule has 3 aliphatic heterocycles. The summed E-state index contributed by atoms with van der Waals surface area (Å²) in [6.45, 7) is 3.43. The Labute approximate surface area is 123 Å². The number of H-pyrrole nitrogens is 1. The van der Waals surface area contributed by atoms with Gasteiger partial charge in [0.2, 0.25) is 5.91 Å². The first kappa shape index (κ1) is 12.8. The first-order chi connectivity index (χ1) is 10.3. The molecule has 1 atom stereocenters. The molecule has 110 valence electrons. The van der Waals surface area contributed by atoms with Gasteiger partial charge >= 0.3 is 0 Å². The van der Waals surface area contributed by atoms with Gasteiger partial charge in [-0.05, 0) is 43.5 Å². The number of hydrogen-bond acceptors (Lipinski definition) is 3. The molecule has 5 nitrogen and oxygen atoms in total. The predicted octanol–water partition coefficient (Wildman–Crippen LogP) is 1.32. The van der Waals surface area contributed by atoms with Crippen LogP contribution in [0.1, 0.15) is 18.4 Å². The molecular weight excluding hydrogens is 264 g/mol. The van der Waals surface area contributed by atoms with Crippen molar-refractivity contribution in [2.24, 2.45) is 5.92 Å². The van der Waals surface area contributed by atoms with Crippen LogP contribution >= 0.6 is 0 Å². The fraction of sp³-hybridized carbons (Fsp3) is 0.500. The third-order valence-corrected chi connectivity index (χ3v) is 4.87. The summed E-state index contributed by atoms with van der Waals surface area (Å²) in [5.74, 6) is 0.807. The molecule has 2 N–H and O–H groups in total. The Morgan fingerprint density at radius 1 is 1.38 bits per heavy atom. The van der Waals surface area contributed by atoms with Gasteiger partial charge in [0, 0.05) is 18.0 Å². The quantitative estimate of drug-likeness (QED) is 0.893. The van der Waals surface area contributed by atoms with E-state index in [1.165, 1.54) is 25.9 Å². The highest BCUT2D eigenvalue weighted by molar-refractivity contribution is 5.82. The summed E-state index contributed by atoms with van der Waals surface area (Å²) in [6, 6.07) is 6.37. The minimum atomic E-state index is 0.132. The Hall–Kier alpha value is -1.88. The average Bonchev–Trinajstić information content (AvgIpc) is 2.96. The Kier molecular flexibility index (Phi) is 3.15. The number of nitrogens with zero attached hydrogens (tertiary/aromatic N) is 2. The fourth-order valence-electron chi connectivity index (χ4n) is 3.67. The van der Waals surface area contributed by atoms with Crippen LogP contribution in [0, 0.1) is 5.92 Å². The van der Waals surface area contributed by atoms with Crippen molar-refractivity contribution in [1.29, 1.82) is 0 Å². The second-order valence-electron chi connectivity index (χ2n) is 6.28. The first-order valence-electron chi connectivity index (χ1n) is 7.72. The average molecular weight is 284 g/mol. The standard InChI is InChI=1S/C16H20N4O/c21-16(18-15-10-20-5-3-12(15)4-6-20)8-11-1-2-13-9-17-19-14(13)7-11/h1-2,7,9,12,15H,3-6,8,10H2,(H,17,19)(H,18,21). The van der Waals surface area contributed by atoms with Crippen molar-refractivity contribution in [2.45, 2.75) is 25.3 Å². The van der Waals surface area contributed by atoms with Gasteiger partial charge in [-0.1, -0.05) is 12.1 Å². The van der Waals surface area contributed by atoms with E-state index >= 15 is 0 Å². The number of aromatic nitrogens is 2. The number of rotatable bonds is 3. The molecule has 1 aromatic carbocycles. The maximum atomic E-state index is 12.3. The van der Waals surface area contributed by atoms with Crippen molar-refractivity contribution >= 4 is 16.8 Å². The minimum Gasteiger partial charge on any atom is -0.352 e. The van der Waals surface area contributed by atoms with Gasteiger partial charge in [0.05, 0.1) is 18.1 Å². The van der Waals surface area contributed by atoms with E-state index in [1.54, 1.807) is 6.20 Å². The molecular formula is C16H20N4O. The number of carbonyl (C=O) groups excluding carboxylic acids is 1. The summed E-state index contributed by atoms with van der Waals surface area (Å²) in [5, 5.41) is 11.3. The molecule has 0 radical (unpaired) electrons. The van der Waals surface area contributed by atoms with Crippen LogP contribution in [0.5, 0.6) is 0 Å². The molecule has 5 rings (SSSR count). The van der Waals surface area contributed by atoms with Crippen molar-refractivity contribution in [1.82, 2.24) is 20.4 Å².